The first kappa shape index (κ1) is 15.0. The van der Waals surface area contributed by atoms with Gasteiger partial charge in [-0.3, -0.25) is 13.9 Å². The number of aromatic nitrogens is 4. The molecule has 1 N–H and O–H groups in total. The van der Waals surface area contributed by atoms with E-state index in [2.05, 4.69) is 4.98 Å². The van der Waals surface area contributed by atoms with Crippen molar-refractivity contribution in [2.24, 2.45) is 14.1 Å². The molecule has 0 fully saturated rings. The van der Waals surface area contributed by atoms with Gasteiger partial charge in [0.1, 0.15) is 6.04 Å². The molecule has 9 heteroatoms. The second-order valence-electron chi connectivity index (χ2n) is 4.04. The van der Waals surface area contributed by atoms with Gasteiger partial charge in [0.15, 0.2) is 11.2 Å². The average Bonchev–Trinajstić information content (AvgIpc) is 2.77. The van der Waals surface area contributed by atoms with Crippen LogP contribution in [-0.2, 0) is 18.9 Å². The van der Waals surface area contributed by atoms with Gasteiger partial charge in [-0.25, -0.2) is 14.6 Å². The SMILES string of the molecule is CC(C(=O)O)n1cnc2c1c(=O)n(C)c(=O)n2C.Cl. The van der Waals surface area contributed by atoms with Crippen molar-refractivity contribution in [1.82, 2.24) is 18.7 Å². The Balaban J connectivity index is 0.00000180. The molecule has 0 aromatic carbocycles. The molecular weight excluding hydrogens is 276 g/mol. The van der Waals surface area contributed by atoms with Gasteiger partial charge < -0.3 is 9.67 Å². The van der Waals surface area contributed by atoms with Crippen molar-refractivity contribution in [3.05, 3.63) is 27.2 Å². The van der Waals surface area contributed by atoms with Gasteiger partial charge in [-0.05, 0) is 6.92 Å². The van der Waals surface area contributed by atoms with Gasteiger partial charge in [0.25, 0.3) is 5.56 Å². The van der Waals surface area contributed by atoms with Crippen LogP contribution in [0.25, 0.3) is 11.2 Å². The van der Waals surface area contributed by atoms with E-state index in [4.69, 9.17) is 5.11 Å². The Bertz CT molecular complexity index is 757. The van der Waals surface area contributed by atoms with E-state index >= 15 is 0 Å². The molecule has 0 bridgehead atoms. The maximum Gasteiger partial charge on any atom is 0.332 e. The lowest BCUT2D eigenvalue weighted by atomic mass is 10.3. The number of carbonyl (C=O) groups is 1. The first-order valence-electron chi connectivity index (χ1n) is 5.21. The van der Waals surface area contributed by atoms with Crippen LogP contribution in [0.15, 0.2) is 15.9 Å². The number of carboxylic acid groups (broad SMARTS) is 1. The number of aliphatic carboxylic acids is 1. The molecule has 0 aliphatic rings. The highest BCUT2D eigenvalue weighted by atomic mass is 35.5. The first-order chi connectivity index (χ1) is 8.36. The molecule has 2 heterocycles. The number of nitrogens with zero attached hydrogens (tertiary/aromatic N) is 4. The molecule has 0 amide bonds. The predicted molar refractivity (Wildman–Crippen MR) is 69.8 cm³/mol. The number of aryl methyl sites for hydroxylation is 1. The molecule has 1 unspecified atom stereocenters. The van der Waals surface area contributed by atoms with Gasteiger partial charge in [-0.1, -0.05) is 0 Å². The molecule has 104 valence electrons. The summed E-state index contributed by atoms with van der Waals surface area (Å²) < 4.78 is 3.39. The van der Waals surface area contributed by atoms with Crippen molar-refractivity contribution in [3.63, 3.8) is 0 Å². The molecule has 2 aromatic heterocycles. The van der Waals surface area contributed by atoms with Crippen LogP contribution in [0.5, 0.6) is 0 Å². The number of halogens is 1. The van der Waals surface area contributed by atoms with Crippen LogP contribution in [-0.4, -0.2) is 29.8 Å². The van der Waals surface area contributed by atoms with E-state index in [-0.39, 0.29) is 23.6 Å². The first-order valence-corrected chi connectivity index (χ1v) is 5.21. The Morgan fingerprint density at radius 3 is 2.42 bits per heavy atom. The molecule has 0 aliphatic heterocycles. The standard InChI is InChI=1S/C10H12N4O4.ClH/c1-5(9(16)17)14-4-11-7-6(14)8(15)13(3)10(18)12(7)2;/h4-5H,1-3H3,(H,16,17);1H. The van der Waals surface area contributed by atoms with Crippen molar-refractivity contribution in [2.45, 2.75) is 13.0 Å². The smallest absolute Gasteiger partial charge is 0.332 e. The lowest BCUT2D eigenvalue weighted by Gasteiger charge is -2.09. The van der Waals surface area contributed by atoms with Crippen molar-refractivity contribution in [1.29, 1.82) is 0 Å². The van der Waals surface area contributed by atoms with E-state index in [0.29, 0.717) is 0 Å². The summed E-state index contributed by atoms with van der Waals surface area (Å²) >= 11 is 0. The zero-order chi connectivity index (χ0) is 13.6. The number of rotatable bonds is 2. The van der Waals surface area contributed by atoms with E-state index < -0.39 is 23.3 Å². The minimum atomic E-state index is -1.08. The van der Waals surface area contributed by atoms with Crippen LogP contribution in [0.3, 0.4) is 0 Å². The van der Waals surface area contributed by atoms with Gasteiger partial charge in [-0.15, -0.1) is 12.4 Å². The van der Waals surface area contributed by atoms with Crippen LogP contribution in [0.2, 0.25) is 0 Å². The number of carboxylic acids is 1. The summed E-state index contributed by atoms with van der Waals surface area (Å²) in [6.45, 7) is 1.44. The van der Waals surface area contributed by atoms with Crippen LogP contribution in [0.1, 0.15) is 13.0 Å². The largest absolute Gasteiger partial charge is 0.480 e. The second-order valence-corrected chi connectivity index (χ2v) is 4.04. The summed E-state index contributed by atoms with van der Waals surface area (Å²) in [4.78, 5) is 38.6. The van der Waals surface area contributed by atoms with E-state index in [1.165, 1.54) is 36.5 Å². The van der Waals surface area contributed by atoms with Crippen LogP contribution >= 0.6 is 12.4 Å². The van der Waals surface area contributed by atoms with Gasteiger partial charge in [-0.2, -0.15) is 0 Å². The van der Waals surface area contributed by atoms with Crippen molar-refractivity contribution < 1.29 is 9.90 Å². The molecule has 8 nitrogen and oxygen atoms in total. The van der Waals surface area contributed by atoms with E-state index in [9.17, 15) is 14.4 Å². The Kier molecular flexibility index (Phi) is 3.85. The zero-order valence-corrected chi connectivity index (χ0v) is 11.3. The van der Waals surface area contributed by atoms with Crippen LogP contribution in [0.4, 0.5) is 0 Å². The highest BCUT2D eigenvalue weighted by Crippen LogP contribution is 2.12. The van der Waals surface area contributed by atoms with E-state index in [0.717, 1.165) is 4.57 Å². The molecule has 2 rings (SSSR count). The van der Waals surface area contributed by atoms with Crippen LogP contribution in [0, 0.1) is 0 Å². The Morgan fingerprint density at radius 1 is 1.32 bits per heavy atom. The third-order valence-electron chi connectivity index (χ3n) is 2.95. The monoisotopic (exact) mass is 288 g/mol. The van der Waals surface area contributed by atoms with Gasteiger partial charge in [0, 0.05) is 14.1 Å². The Labute approximate surface area is 113 Å². The summed E-state index contributed by atoms with van der Waals surface area (Å²) in [7, 11) is 2.82. The maximum atomic E-state index is 12.0. The van der Waals surface area contributed by atoms with Crippen molar-refractivity contribution in [3.8, 4) is 0 Å². The maximum absolute atomic E-state index is 12.0. The molecule has 0 aliphatic carbocycles. The predicted octanol–water partition coefficient (Wildman–Crippen LogP) is -0.499. The van der Waals surface area contributed by atoms with Gasteiger partial charge >= 0.3 is 11.7 Å². The fourth-order valence-corrected chi connectivity index (χ4v) is 1.78. The molecule has 2 aromatic rings. The molecule has 0 radical (unpaired) electrons. The minimum Gasteiger partial charge on any atom is -0.480 e. The third kappa shape index (κ3) is 2.03. The van der Waals surface area contributed by atoms with Gasteiger partial charge in [0.05, 0.1) is 6.33 Å². The fraction of sp³-hybridized carbons (Fsp3) is 0.400. The average molecular weight is 289 g/mol. The second kappa shape index (κ2) is 4.88. The number of imidazole rings is 1. The molecule has 1 atom stereocenters. The highest BCUT2D eigenvalue weighted by Gasteiger charge is 2.20. The van der Waals surface area contributed by atoms with Crippen LogP contribution < -0.4 is 11.2 Å². The zero-order valence-electron chi connectivity index (χ0n) is 10.5. The molecule has 0 saturated heterocycles. The van der Waals surface area contributed by atoms with E-state index in [1.807, 2.05) is 0 Å². The molecule has 0 spiro atoms. The van der Waals surface area contributed by atoms with E-state index in [1.54, 1.807) is 0 Å². The number of fused-ring (bicyclic) bond motifs is 1. The highest BCUT2D eigenvalue weighted by molar-refractivity contribution is 5.85. The minimum absolute atomic E-state index is 0. The lowest BCUT2D eigenvalue weighted by molar-refractivity contribution is -0.140. The quantitative estimate of drug-likeness (QED) is 0.803. The number of hydrogen-bond acceptors (Lipinski definition) is 4. The Morgan fingerprint density at radius 2 is 1.89 bits per heavy atom. The summed E-state index contributed by atoms with van der Waals surface area (Å²) in [5, 5.41) is 8.97. The summed E-state index contributed by atoms with van der Waals surface area (Å²) in [6.07, 6.45) is 1.25. The van der Waals surface area contributed by atoms with Crippen molar-refractivity contribution in [2.75, 3.05) is 0 Å². The molecule has 19 heavy (non-hydrogen) atoms. The lowest BCUT2D eigenvalue weighted by Crippen LogP contribution is -2.38. The normalized spacial score (nSPS) is 12.2. The number of hydrogen-bond donors (Lipinski definition) is 1. The Hall–Kier alpha value is -2.09. The van der Waals surface area contributed by atoms with Gasteiger partial charge in [0.2, 0.25) is 0 Å². The summed E-state index contributed by atoms with van der Waals surface area (Å²) in [5.74, 6) is -1.08. The fourth-order valence-electron chi connectivity index (χ4n) is 1.78. The molecule has 0 saturated carbocycles. The summed E-state index contributed by atoms with van der Waals surface area (Å²) in [5.41, 5.74) is -0.773. The third-order valence-corrected chi connectivity index (χ3v) is 2.95. The topological polar surface area (TPSA) is 99.1 Å². The summed E-state index contributed by atoms with van der Waals surface area (Å²) in [6, 6.07) is -0.930. The van der Waals surface area contributed by atoms with Crippen molar-refractivity contribution >= 4 is 29.5 Å². The molecular formula is C10H13ClN4O4.